The van der Waals surface area contributed by atoms with Crippen LogP contribution in [0.15, 0.2) is 77.7 Å². The second-order valence-electron chi connectivity index (χ2n) is 7.59. The van der Waals surface area contributed by atoms with Crippen molar-refractivity contribution in [1.82, 2.24) is 0 Å². The Balaban J connectivity index is 1.81. The lowest BCUT2D eigenvalue weighted by Crippen LogP contribution is -2.31. The predicted octanol–water partition coefficient (Wildman–Crippen LogP) is 3.48. The second kappa shape index (κ2) is 8.16. The topological polar surface area (TPSA) is 93.9 Å². The summed E-state index contributed by atoms with van der Waals surface area (Å²) in [4.78, 5) is 0.175. The molecule has 0 aromatic heterocycles. The lowest BCUT2D eigenvalue weighted by Gasteiger charge is -2.26. The SMILES string of the molecule is Cc1ccc(S(=O)(=O)N(Cc2ccccc2)c2ccc([C@@]3(CO)CO3)c(C#N)c2)cc1. The van der Waals surface area contributed by atoms with Gasteiger partial charge >= 0.3 is 0 Å². The highest BCUT2D eigenvalue weighted by Crippen LogP contribution is 2.41. The lowest BCUT2D eigenvalue weighted by atomic mass is 9.95. The van der Waals surface area contributed by atoms with Crippen LogP contribution in [-0.4, -0.2) is 26.7 Å². The Morgan fingerprint density at radius 3 is 2.35 bits per heavy atom. The number of rotatable bonds is 7. The number of hydrogen-bond acceptors (Lipinski definition) is 5. The highest BCUT2D eigenvalue weighted by molar-refractivity contribution is 7.92. The smallest absolute Gasteiger partial charge is 0.264 e. The van der Waals surface area contributed by atoms with Crippen molar-refractivity contribution in [2.45, 2.75) is 24.0 Å². The Kier molecular flexibility index (Phi) is 5.54. The number of epoxide rings is 1. The molecule has 0 aliphatic carbocycles. The lowest BCUT2D eigenvalue weighted by molar-refractivity contribution is 0.172. The zero-order chi connectivity index (χ0) is 22.1. The average molecular weight is 435 g/mol. The fourth-order valence-electron chi connectivity index (χ4n) is 3.50. The van der Waals surface area contributed by atoms with Gasteiger partial charge in [0.2, 0.25) is 0 Å². The van der Waals surface area contributed by atoms with E-state index in [0.717, 1.165) is 11.1 Å². The molecule has 31 heavy (non-hydrogen) atoms. The summed E-state index contributed by atoms with van der Waals surface area (Å²) in [6, 6.07) is 23.0. The molecule has 3 aromatic carbocycles. The van der Waals surface area contributed by atoms with Crippen LogP contribution in [0.4, 0.5) is 5.69 Å². The molecular formula is C24H22N2O4S. The molecule has 3 aromatic rings. The molecule has 1 fully saturated rings. The van der Waals surface area contributed by atoms with Crippen LogP contribution in [0.25, 0.3) is 0 Å². The largest absolute Gasteiger partial charge is 0.393 e. The zero-order valence-corrected chi connectivity index (χ0v) is 17.8. The van der Waals surface area contributed by atoms with E-state index in [4.69, 9.17) is 4.74 Å². The number of sulfonamides is 1. The molecule has 0 bridgehead atoms. The van der Waals surface area contributed by atoms with Crippen molar-refractivity contribution >= 4 is 15.7 Å². The Morgan fingerprint density at radius 1 is 1.10 bits per heavy atom. The summed E-state index contributed by atoms with van der Waals surface area (Å²) >= 11 is 0. The number of aliphatic hydroxyl groups is 1. The number of ether oxygens (including phenoxy) is 1. The van der Waals surface area contributed by atoms with Crippen LogP contribution in [0, 0.1) is 18.3 Å². The molecule has 0 unspecified atom stereocenters. The van der Waals surface area contributed by atoms with Crippen LogP contribution in [-0.2, 0) is 26.9 Å². The maximum absolute atomic E-state index is 13.6. The molecular weight excluding hydrogens is 412 g/mol. The van der Waals surface area contributed by atoms with Crippen molar-refractivity contribution in [3.8, 4) is 6.07 Å². The van der Waals surface area contributed by atoms with Crippen molar-refractivity contribution in [3.63, 3.8) is 0 Å². The molecule has 1 aliphatic heterocycles. The first-order chi connectivity index (χ1) is 14.9. The fraction of sp³-hybridized carbons (Fsp3) is 0.208. The van der Waals surface area contributed by atoms with Gasteiger partial charge in [0, 0.05) is 5.56 Å². The minimum absolute atomic E-state index is 0.114. The molecule has 158 valence electrons. The molecule has 1 atom stereocenters. The van der Waals surface area contributed by atoms with Crippen molar-refractivity contribution < 1.29 is 18.3 Å². The van der Waals surface area contributed by atoms with Crippen LogP contribution in [0.3, 0.4) is 0 Å². The summed E-state index contributed by atoms with van der Waals surface area (Å²) in [5.41, 5.74) is 2.12. The normalized spacial score (nSPS) is 17.7. The van der Waals surface area contributed by atoms with E-state index in [-0.39, 0.29) is 23.6 Å². The number of anilines is 1. The van der Waals surface area contributed by atoms with Gasteiger partial charge in [-0.15, -0.1) is 0 Å². The number of hydrogen-bond donors (Lipinski definition) is 1. The number of nitrogens with zero attached hydrogens (tertiary/aromatic N) is 2. The molecule has 1 N–H and O–H groups in total. The molecule has 0 saturated carbocycles. The van der Waals surface area contributed by atoms with Crippen molar-refractivity contribution in [2.24, 2.45) is 0 Å². The standard InChI is InChI=1S/C24H22N2O4S/c1-18-7-10-22(11-8-18)31(28,29)26(15-19-5-3-2-4-6-19)21-9-12-23(20(13-21)14-25)24(16-27)17-30-24/h2-13,27H,15-17H2,1H3/t24-/m1/s1. The van der Waals surface area contributed by atoms with Crippen LogP contribution in [0.1, 0.15) is 22.3 Å². The summed E-state index contributed by atoms with van der Waals surface area (Å²) in [5, 5.41) is 19.4. The maximum atomic E-state index is 13.6. The molecule has 0 spiro atoms. The van der Waals surface area contributed by atoms with E-state index in [2.05, 4.69) is 6.07 Å². The Morgan fingerprint density at radius 2 is 1.77 bits per heavy atom. The van der Waals surface area contributed by atoms with Gasteiger partial charge in [0.25, 0.3) is 10.0 Å². The third kappa shape index (κ3) is 4.06. The number of aryl methyl sites for hydroxylation is 1. The predicted molar refractivity (Wildman–Crippen MR) is 117 cm³/mol. The summed E-state index contributed by atoms with van der Waals surface area (Å²) in [6.07, 6.45) is 0. The highest BCUT2D eigenvalue weighted by atomic mass is 32.2. The molecule has 1 saturated heterocycles. The maximum Gasteiger partial charge on any atom is 0.264 e. The summed E-state index contributed by atoms with van der Waals surface area (Å²) in [5.74, 6) is 0. The fourth-order valence-corrected chi connectivity index (χ4v) is 4.94. The molecule has 6 nitrogen and oxygen atoms in total. The van der Waals surface area contributed by atoms with E-state index in [9.17, 15) is 18.8 Å². The first-order valence-corrected chi connectivity index (χ1v) is 11.3. The number of nitriles is 1. The quantitative estimate of drug-likeness (QED) is 0.575. The van der Waals surface area contributed by atoms with Crippen LogP contribution in [0.2, 0.25) is 0 Å². The van der Waals surface area contributed by atoms with Gasteiger partial charge < -0.3 is 9.84 Å². The van der Waals surface area contributed by atoms with Crippen molar-refractivity contribution in [1.29, 1.82) is 5.26 Å². The van der Waals surface area contributed by atoms with E-state index in [0.29, 0.717) is 17.9 Å². The van der Waals surface area contributed by atoms with E-state index >= 15 is 0 Å². The molecule has 4 rings (SSSR count). The molecule has 1 heterocycles. The van der Waals surface area contributed by atoms with Crippen LogP contribution < -0.4 is 4.31 Å². The van der Waals surface area contributed by atoms with Gasteiger partial charge in [-0.25, -0.2) is 8.42 Å². The first-order valence-electron chi connectivity index (χ1n) is 9.82. The van der Waals surface area contributed by atoms with Gasteiger partial charge in [-0.1, -0.05) is 54.1 Å². The Hall–Kier alpha value is -3.18. The molecule has 0 radical (unpaired) electrons. The monoisotopic (exact) mass is 434 g/mol. The zero-order valence-electron chi connectivity index (χ0n) is 17.0. The number of aliphatic hydroxyl groups excluding tert-OH is 1. The Labute approximate surface area is 182 Å². The van der Waals surface area contributed by atoms with E-state index < -0.39 is 15.6 Å². The molecule has 0 amide bonds. The van der Waals surface area contributed by atoms with Gasteiger partial charge in [0.1, 0.15) is 5.60 Å². The summed E-state index contributed by atoms with van der Waals surface area (Å²) in [7, 11) is -3.89. The van der Waals surface area contributed by atoms with E-state index in [1.165, 1.54) is 4.31 Å². The van der Waals surface area contributed by atoms with Gasteiger partial charge in [-0.05, 0) is 36.8 Å². The highest BCUT2D eigenvalue weighted by Gasteiger charge is 2.47. The third-order valence-electron chi connectivity index (χ3n) is 5.43. The van der Waals surface area contributed by atoms with Gasteiger partial charge in [0.05, 0.1) is 42.0 Å². The van der Waals surface area contributed by atoms with Crippen LogP contribution in [0.5, 0.6) is 0 Å². The first kappa shape index (κ1) is 21.1. The van der Waals surface area contributed by atoms with E-state index in [1.54, 1.807) is 42.5 Å². The minimum atomic E-state index is -3.89. The van der Waals surface area contributed by atoms with Crippen molar-refractivity contribution in [2.75, 3.05) is 17.5 Å². The molecule has 1 aliphatic rings. The van der Waals surface area contributed by atoms with Crippen molar-refractivity contribution in [3.05, 3.63) is 95.1 Å². The van der Waals surface area contributed by atoms with Gasteiger partial charge in [-0.3, -0.25) is 4.31 Å². The van der Waals surface area contributed by atoms with Gasteiger partial charge in [0.15, 0.2) is 0 Å². The third-order valence-corrected chi connectivity index (χ3v) is 7.22. The van der Waals surface area contributed by atoms with E-state index in [1.807, 2.05) is 37.3 Å². The number of benzene rings is 3. The minimum Gasteiger partial charge on any atom is -0.393 e. The molecule has 7 heteroatoms. The average Bonchev–Trinajstić information content (AvgIpc) is 3.59. The van der Waals surface area contributed by atoms with Gasteiger partial charge in [-0.2, -0.15) is 5.26 Å². The Bertz CT molecular complexity index is 1230. The summed E-state index contributed by atoms with van der Waals surface area (Å²) < 4.78 is 33.8. The summed E-state index contributed by atoms with van der Waals surface area (Å²) in [6.45, 7) is 2.10. The second-order valence-corrected chi connectivity index (χ2v) is 9.46. The van der Waals surface area contributed by atoms with Crippen LogP contribution >= 0.6 is 0 Å².